The number of thioether (sulfide) groups is 3. The smallest absolute Gasteiger partial charge is 0.287 e. The lowest BCUT2D eigenvalue weighted by Gasteiger charge is -2.37. The van der Waals surface area contributed by atoms with Crippen molar-refractivity contribution in [1.82, 2.24) is 0 Å². The Bertz CT molecular complexity index is 847. The van der Waals surface area contributed by atoms with Gasteiger partial charge in [0.2, 0.25) is 0 Å². The second-order valence-electron chi connectivity index (χ2n) is 6.92. The van der Waals surface area contributed by atoms with Crippen molar-refractivity contribution in [2.45, 2.75) is 40.0 Å². The molecule has 0 saturated heterocycles. The number of hydrogen-bond donors (Lipinski definition) is 0. The maximum atomic E-state index is 14.0. The van der Waals surface area contributed by atoms with Crippen LogP contribution >= 0.6 is 58.5 Å². The SMILES string of the molecule is O=C(CC(F)(F)C(F)(F)F)SC(SC(=O)C(CF)CF)(SC(=O)C(F)(F)C(F)(F)C(F)(F)F)C(CCl)CCl. The standard InChI is InChI=1S/C16H12Cl2F14O3S3/c17-2-7(3-18)13(37-9(34)6(4-19)5-20,36-8(33)1-11(21,22)15(27,28)29)38-10(35)12(23,24)14(25,26)16(30,31)32/h6-7H,1-5H2. The molecule has 1 atom stereocenters. The minimum absolute atomic E-state index is 0.758. The van der Waals surface area contributed by atoms with Gasteiger partial charge in [-0.15, -0.1) is 23.2 Å². The summed E-state index contributed by atoms with van der Waals surface area (Å²) >= 11 is 7.82. The first-order valence-corrected chi connectivity index (χ1v) is 12.6. The minimum Gasteiger partial charge on any atom is -0.287 e. The van der Waals surface area contributed by atoms with E-state index in [0.29, 0.717) is 0 Å². The van der Waals surface area contributed by atoms with Gasteiger partial charge in [0.05, 0.1) is 12.3 Å². The van der Waals surface area contributed by atoms with E-state index < -0.39 is 128 Å². The first kappa shape index (κ1) is 37.7. The van der Waals surface area contributed by atoms with Gasteiger partial charge in [0.1, 0.15) is 16.8 Å². The first-order chi connectivity index (χ1) is 16.9. The molecule has 0 aliphatic carbocycles. The topological polar surface area (TPSA) is 51.2 Å². The van der Waals surface area contributed by atoms with Crippen LogP contribution in [0, 0.1) is 11.8 Å². The average molecular weight is 685 g/mol. The molecule has 0 rings (SSSR count). The number of alkyl halides is 16. The summed E-state index contributed by atoms with van der Waals surface area (Å²) in [5.74, 6) is -26.2. The molecule has 0 aromatic carbocycles. The van der Waals surface area contributed by atoms with Gasteiger partial charge in [-0.25, -0.2) is 0 Å². The fourth-order valence-corrected chi connectivity index (χ4v) is 7.91. The van der Waals surface area contributed by atoms with Gasteiger partial charge in [0, 0.05) is 17.7 Å². The molecule has 0 aromatic rings. The molecule has 0 spiro atoms. The molecule has 38 heavy (non-hydrogen) atoms. The first-order valence-electron chi connectivity index (χ1n) is 9.09. The van der Waals surface area contributed by atoms with Crippen molar-refractivity contribution in [2.75, 3.05) is 25.1 Å². The van der Waals surface area contributed by atoms with Crippen molar-refractivity contribution in [3.05, 3.63) is 0 Å². The van der Waals surface area contributed by atoms with Gasteiger partial charge in [-0.1, -0.05) is 35.3 Å². The summed E-state index contributed by atoms with van der Waals surface area (Å²) in [6, 6.07) is 0. The Morgan fingerprint density at radius 3 is 1.47 bits per heavy atom. The van der Waals surface area contributed by atoms with E-state index in [4.69, 9.17) is 23.2 Å². The van der Waals surface area contributed by atoms with Crippen molar-refractivity contribution < 1.29 is 75.8 Å². The molecule has 0 heterocycles. The predicted octanol–water partition coefficient (Wildman–Crippen LogP) is 7.49. The van der Waals surface area contributed by atoms with Crippen LogP contribution in [0.2, 0.25) is 0 Å². The maximum absolute atomic E-state index is 14.0. The Morgan fingerprint density at radius 1 is 0.684 bits per heavy atom. The zero-order valence-electron chi connectivity index (χ0n) is 17.7. The minimum atomic E-state index is -7.10. The summed E-state index contributed by atoms with van der Waals surface area (Å²) in [6.45, 7) is -3.73. The van der Waals surface area contributed by atoms with Crippen molar-refractivity contribution in [3.63, 3.8) is 0 Å². The van der Waals surface area contributed by atoms with Gasteiger partial charge in [0.25, 0.3) is 5.12 Å². The third-order valence-corrected chi connectivity index (χ3v) is 9.55. The molecule has 1 unspecified atom stereocenters. The Labute approximate surface area is 226 Å². The summed E-state index contributed by atoms with van der Waals surface area (Å²) in [4.78, 5) is 36.4. The molecule has 0 radical (unpaired) electrons. The predicted molar refractivity (Wildman–Crippen MR) is 112 cm³/mol. The highest BCUT2D eigenvalue weighted by Gasteiger charge is 2.77. The molecule has 0 N–H and O–H groups in total. The molecule has 0 fully saturated rings. The van der Waals surface area contributed by atoms with Crippen LogP contribution in [-0.2, 0) is 14.4 Å². The number of rotatable bonds is 13. The van der Waals surface area contributed by atoms with Gasteiger partial charge >= 0.3 is 30.1 Å². The molecule has 224 valence electrons. The quantitative estimate of drug-likeness (QED) is 0.114. The number of carbonyl (C=O) groups is 3. The van der Waals surface area contributed by atoms with Crippen molar-refractivity contribution in [1.29, 1.82) is 0 Å². The summed E-state index contributed by atoms with van der Waals surface area (Å²) in [7, 11) is 0. The Hall–Kier alpha value is -0.340. The molecule has 0 aromatic heterocycles. The molecule has 3 nitrogen and oxygen atoms in total. The van der Waals surface area contributed by atoms with Crippen LogP contribution in [-0.4, -0.2) is 74.0 Å². The summed E-state index contributed by atoms with van der Waals surface area (Å²) in [5, 5.41) is -7.65. The number of hydrogen-bond acceptors (Lipinski definition) is 6. The molecule has 0 saturated carbocycles. The average Bonchev–Trinajstić information content (AvgIpc) is 2.72. The van der Waals surface area contributed by atoms with Gasteiger partial charge in [-0.3, -0.25) is 23.2 Å². The zero-order valence-corrected chi connectivity index (χ0v) is 21.6. The normalized spacial score (nSPS) is 15.6. The summed E-state index contributed by atoms with van der Waals surface area (Å²) in [5.41, 5.74) is 0. The van der Waals surface area contributed by atoms with Crippen LogP contribution < -0.4 is 0 Å². The van der Waals surface area contributed by atoms with E-state index in [1.807, 2.05) is 0 Å². The Morgan fingerprint density at radius 2 is 1.13 bits per heavy atom. The van der Waals surface area contributed by atoms with Gasteiger partial charge in [-0.05, 0) is 0 Å². The van der Waals surface area contributed by atoms with Crippen LogP contribution in [0.15, 0.2) is 0 Å². The van der Waals surface area contributed by atoms with Crippen LogP contribution in [0.5, 0.6) is 0 Å². The lowest BCUT2D eigenvalue weighted by Crippen LogP contribution is -2.56. The second-order valence-corrected chi connectivity index (χ2v) is 12.1. The van der Waals surface area contributed by atoms with E-state index in [-0.39, 0.29) is 0 Å². The largest absolute Gasteiger partial charge is 0.460 e. The van der Waals surface area contributed by atoms with E-state index in [2.05, 4.69) is 0 Å². The van der Waals surface area contributed by atoms with Gasteiger partial charge in [-0.2, -0.15) is 52.7 Å². The van der Waals surface area contributed by atoms with Crippen molar-refractivity contribution in [3.8, 4) is 0 Å². The number of carbonyl (C=O) groups excluding carboxylic acids is 3. The highest BCUT2D eigenvalue weighted by atomic mass is 35.5. The Balaban J connectivity index is 6.87. The monoisotopic (exact) mass is 684 g/mol. The van der Waals surface area contributed by atoms with Gasteiger partial charge < -0.3 is 0 Å². The zero-order chi connectivity index (χ0) is 30.5. The maximum Gasteiger partial charge on any atom is 0.460 e. The molecule has 0 aliphatic rings. The fourth-order valence-electron chi connectivity index (χ4n) is 1.91. The lowest BCUT2D eigenvalue weighted by atomic mass is 10.2. The van der Waals surface area contributed by atoms with E-state index in [1.165, 1.54) is 0 Å². The molecular formula is C16H12Cl2F14O3S3. The second kappa shape index (κ2) is 13.5. The van der Waals surface area contributed by atoms with E-state index in [1.54, 1.807) is 0 Å². The van der Waals surface area contributed by atoms with Crippen molar-refractivity contribution in [2.24, 2.45) is 11.8 Å². The highest BCUT2D eigenvalue weighted by molar-refractivity contribution is 8.45. The van der Waals surface area contributed by atoms with E-state index >= 15 is 0 Å². The molecular weight excluding hydrogens is 673 g/mol. The van der Waals surface area contributed by atoms with Crippen LogP contribution in [0.25, 0.3) is 0 Å². The van der Waals surface area contributed by atoms with Crippen molar-refractivity contribution >= 4 is 73.8 Å². The third kappa shape index (κ3) is 8.58. The number of halogens is 16. The van der Waals surface area contributed by atoms with Crippen LogP contribution in [0.1, 0.15) is 6.42 Å². The fraction of sp³-hybridized carbons (Fsp3) is 0.812. The molecule has 22 heteroatoms. The Kier molecular flexibility index (Phi) is 13.4. The van der Waals surface area contributed by atoms with Crippen LogP contribution in [0.4, 0.5) is 61.5 Å². The van der Waals surface area contributed by atoms with E-state index in [0.717, 1.165) is 0 Å². The molecule has 0 aliphatic heterocycles. The molecule has 0 bridgehead atoms. The van der Waals surface area contributed by atoms with E-state index in [9.17, 15) is 75.8 Å². The van der Waals surface area contributed by atoms with Gasteiger partial charge in [0.15, 0.2) is 10.2 Å². The van der Waals surface area contributed by atoms with Crippen LogP contribution in [0.3, 0.4) is 0 Å². The summed E-state index contributed by atoms with van der Waals surface area (Å²) < 4.78 is 179. The highest BCUT2D eigenvalue weighted by Crippen LogP contribution is 2.59. The summed E-state index contributed by atoms with van der Waals surface area (Å²) in [6.07, 6.45) is -16.3. The lowest BCUT2D eigenvalue weighted by molar-refractivity contribution is -0.341. The third-order valence-electron chi connectivity index (χ3n) is 4.10. The molecule has 0 amide bonds.